The van der Waals surface area contributed by atoms with E-state index in [0.29, 0.717) is 16.2 Å². The molecule has 0 bridgehead atoms. The molecule has 2 aromatic rings. The second kappa shape index (κ2) is 3.38. The van der Waals surface area contributed by atoms with E-state index >= 15 is 0 Å². The standard InChI is InChI=1S/C7H8N4O2S2/c1-8-5-4-6(10-3-9-5)11-7(14-4)15(2,12)13/h3H,1-2H3,(H,8,9,10). The van der Waals surface area contributed by atoms with Crippen molar-refractivity contribution in [1.29, 1.82) is 0 Å². The minimum absolute atomic E-state index is 0.0644. The van der Waals surface area contributed by atoms with Gasteiger partial charge in [-0.2, -0.15) is 0 Å². The molecular weight excluding hydrogens is 236 g/mol. The summed E-state index contributed by atoms with van der Waals surface area (Å²) in [6, 6.07) is 0. The van der Waals surface area contributed by atoms with Gasteiger partial charge in [-0.3, -0.25) is 0 Å². The van der Waals surface area contributed by atoms with Gasteiger partial charge in [-0.25, -0.2) is 23.4 Å². The number of sulfone groups is 1. The van der Waals surface area contributed by atoms with Gasteiger partial charge in [-0.1, -0.05) is 11.3 Å². The van der Waals surface area contributed by atoms with Crippen LogP contribution >= 0.6 is 11.3 Å². The van der Waals surface area contributed by atoms with Gasteiger partial charge in [0.15, 0.2) is 5.65 Å². The molecule has 0 fully saturated rings. The Kier molecular flexibility index (Phi) is 2.31. The van der Waals surface area contributed by atoms with Crippen LogP contribution in [0.2, 0.25) is 0 Å². The molecule has 6 nitrogen and oxygen atoms in total. The molecule has 0 aliphatic rings. The van der Waals surface area contributed by atoms with Crippen molar-refractivity contribution in [3.8, 4) is 0 Å². The highest BCUT2D eigenvalue weighted by Crippen LogP contribution is 2.28. The fourth-order valence-electron chi connectivity index (χ4n) is 1.07. The van der Waals surface area contributed by atoms with E-state index in [2.05, 4.69) is 20.3 Å². The molecule has 0 atom stereocenters. The van der Waals surface area contributed by atoms with Crippen molar-refractivity contribution < 1.29 is 8.42 Å². The van der Waals surface area contributed by atoms with Gasteiger partial charge in [0.05, 0.1) is 0 Å². The molecule has 80 valence electrons. The number of thiazole rings is 1. The monoisotopic (exact) mass is 244 g/mol. The summed E-state index contributed by atoms with van der Waals surface area (Å²) in [4.78, 5) is 11.8. The highest BCUT2D eigenvalue weighted by molar-refractivity contribution is 7.92. The Hall–Kier alpha value is -1.28. The first-order chi connectivity index (χ1) is 7.02. The summed E-state index contributed by atoms with van der Waals surface area (Å²) in [6.07, 6.45) is 2.47. The van der Waals surface area contributed by atoms with Gasteiger partial charge < -0.3 is 5.32 Å². The van der Waals surface area contributed by atoms with E-state index in [-0.39, 0.29) is 4.34 Å². The van der Waals surface area contributed by atoms with Crippen LogP contribution in [-0.2, 0) is 9.84 Å². The molecule has 2 heterocycles. The van der Waals surface area contributed by atoms with Crippen molar-refractivity contribution in [2.75, 3.05) is 18.6 Å². The molecule has 0 saturated carbocycles. The van der Waals surface area contributed by atoms with Gasteiger partial charge in [-0.05, 0) is 0 Å². The lowest BCUT2D eigenvalue weighted by molar-refractivity contribution is 0.601. The zero-order valence-electron chi connectivity index (χ0n) is 8.05. The summed E-state index contributed by atoms with van der Waals surface area (Å²) in [5.41, 5.74) is 0.403. The predicted molar refractivity (Wildman–Crippen MR) is 57.9 cm³/mol. The van der Waals surface area contributed by atoms with Crippen LogP contribution in [0.1, 0.15) is 0 Å². The Morgan fingerprint density at radius 2 is 2.13 bits per heavy atom. The van der Waals surface area contributed by atoms with Crippen molar-refractivity contribution in [3.63, 3.8) is 0 Å². The van der Waals surface area contributed by atoms with Gasteiger partial charge in [0.2, 0.25) is 14.2 Å². The molecule has 0 aliphatic heterocycles. The van der Waals surface area contributed by atoms with E-state index < -0.39 is 9.84 Å². The number of nitrogens with zero attached hydrogens (tertiary/aromatic N) is 3. The number of hydrogen-bond acceptors (Lipinski definition) is 7. The quantitative estimate of drug-likeness (QED) is 0.829. The SMILES string of the molecule is CNc1ncnc2nc(S(C)(=O)=O)sc12. The Bertz CT molecular complexity index is 604. The van der Waals surface area contributed by atoms with Gasteiger partial charge in [0.25, 0.3) is 0 Å². The normalized spacial score (nSPS) is 11.9. The topological polar surface area (TPSA) is 84.8 Å². The maximum absolute atomic E-state index is 11.3. The molecule has 0 unspecified atom stereocenters. The van der Waals surface area contributed by atoms with Crippen molar-refractivity contribution in [2.45, 2.75) is 4.34 Å². The summed E-state index contributed by atoms with van der Waals surface area (Å²) in [7, 11) is -1.57. The number of nitrogens with one attached hydrogen (secondary N) is 1. The Morgan fingerprint density at radius 1 is 1.40 bits per heavy atom. The van der Waals surface area contributed by atoms with E-state index in [4.69, 9.17) is 0 Å². The third-order valence-electron chi connectivity index (χ3n) is 1.73. The van der Waals surface area contributed by atoms with Crippen LogP contribution in [0.15, 0.2) is 10.7 Å². The summed E-state index contributed by atoms with van der Waals surface area (Å²) in [5.74, 6) is 0.590. The fourth-order valence-corrected chi connectivity index (χ4v) is 2.93. The summed E-state index contributed by atoms with van der Waals surface area (Å²) in [6.45, 7) is 0. The lowest BCUT2D eigenvalue weighted by Gasteiger charge is -1.96. The lowest BCUT2D eigenvalue weighted by atomic mass is 10.5. The third-order valence-corrected chi connectivity index (χ3v) is 4.46. The van der Waals surface area contributed by atoms with Gasteiger partial charge in [0.1, 0.15) is 16.8 Å². The first-order valence-electron chi connectivity index (χ1n) is 4.01. The van der Waals surface area contributed by atoms with Crippen LogP contribution in [0.4, 0.5) is 5.82 Å². The van der Waals surface area contributed by atoms with Gasteiger partial charge in [0, 0.05) is 13.3 Å². The molecule has 0 aliphatic carbocycles. The molecule has 0 aromatic carbocycles. The zero-order chi connectivity index (χ0) is 11.1. The molecular formula is C7H8N4O2S2. The van der Waals surface area contributed by atoms with Crippen molar-refractivity contribution in [1.82, 2.24) is 15.0 Å². The smallest absolute Gasteiger partial charge is 0.211 e. The van der Waals surface area contributed by atoms with E-state index in [1.165, 1.54) is 6.33 Å². The second-order valence-corrected chi connectivity index (χ2v) is 6.07. The zero-order valence-corrected chi connectivity index (χ0v) is 9.68. The third kappa shape index (κ3) is 1.77. The molecule has 1 N–H and O–H groups in total. The van der Waals surface area contributed by atoms with Crippen molar-refractivity contribution in [3.05, 3.63) is 6.33 Å². The Balaban J connectivity index is 2.76. The van der Waals surface area contributed by atoms with E-state index in [1.807, 2.05) is 0 Å². The summed E-state index contributed by atoms with van der Waals surface area (Å²) < 4.78 is 23.3. The van der Waals surface area contributed by atoms with Crippen LogP contribution < -0.4 is 5.32 Å². The fraction of sp³-hybridized carbons (Fsp3) is 0.286. The number of aromatic nitrogens is 3. The summed E-state index contributed by atoms with van der Waals surface area (Å²) >= 11 is 1.07. The summed E-state index contributed by atoms with van der Waals surface area (Å²) in [5, 5.41) is 2.86. The van der Waals surface area contributed by atoms with Gasteiger partial charge >= 0.3 is 0 Å². The number of rotatable bonds is 2. The minimum atomic E-state index is -3.28. The minimum Gasteiger partial charge on any atom is -0.372 e. The Morgan fingerprint density at radius 3 is 2.73 bits per heavy atom. The molecule has 0 radical (unpaired) electrons. The molecule has 2 rings (SSSR count). The molecule has 0 amide bonds. The number of hydrogen-bond donors (Lipinski definition) is 1. The van der Waals surface area contributed by atoms with Crippen molar-refractivity contribution >= 4 is 37.3 Å². The first kappa shape index (κ1) is 10.2. The maximum Gasteiger partial charge on any atom is 0.211 e. The molecule has 2 aromatic heterocycles. The highest BCUT2D eigenvalue weighted by Gasteiger charge is 2.16. The first-order valence-corrected chi connectivity index (χ1v) is 6.72. The molecule has 8 heteroatoms. The van der Waals surface area contributed by atoms with Crippen molar-refractivity contribution in [2.24, 2.45) is 0 Å². The second-order valence-electron chi connectivity index (χ2n) is 2.88. The van der Waals surface area contributed by atoms with Crippen LogP contribution in [0.5, 0.6) is 0 Å². The van der Waals surface area contributed by atoms with E-state index in [9.17, 15) is 8.42 Å². The van der Waals surface area contributed by atoms with Gasteiger partial charge in [-0.15, -0.1) is 0 Å². The Labute approximate surface area is 90.3 Å². The van der Waals surface area contributed by atoms with Crippen LogP contribution in [0.3, 0.4) is 0 Å². The largest absolute Gasteiger partial charge is 0.372 e. The number of fused-ring (bicyclic) bond motifs is 1. The van der Waals surface area contributed by atoms with Crippen LogP contribution in [-0.4, -0.2) is 36.7 Å². The molecule has 0 saturated heterocycles. The van der Waals surface area contributed by atoms with E-state index in [1.54, 1.807) is 7.05 Å². The average Bonchev–Trinajstić information content (AvgIpc) is 2.59. The highest BCUT2D eigenvalue weighted by atomic mass is 32.2. The van der Waals surface area contributed by atoms with E-state index in [0.717, 1.165) is 17.6 Å². The lowest BCUT2D eigenvalue weighted by Crippen LogP contribution is -1.95. The number of anilines is 1. The maximum atomic E-state index is 11.3. The molecule has 15 heavy (non-hydrogen) atoms. The molecule has 0 spiro atoms. The average molecular weight is 244 g/mol. The van der Waals surface area contributed by atoms with Crippen LogP contribution in [0.25, 0.3) is 10.3 Å². The predicted octanol–water partition coefficient (Wildman–Crippen LogP) is 0.532. The van der Waals surface area contributed by atoms with Crippen LogP contribution in [0, 0.1) is 0 Å².